The van der Waals surface area contributed by atoms with E-state index in [-0.39, 0.29) is 18.4 Å². The molecular weight excluding hydrogens is 332 g/mol. The van der Waals surface area contributed by atoms with Gasteiger partial charge in [-0.1, -0.05) is 31.2 Å². The highest BCUT2D eigenvalue weighted by molar-refractivity contribution is 5.99. The first-order valence-electron chi connectivity index (χ1n) is 8.16. The van der Waals surface area contributed by atoms with Crippen LogP contribution in [-0.2, 0) is 11.2 Å². The molecular formula is C18H18N6O2. The van der Waals surface area contributed by atoms with Gasteiger partial charge in [-0.3, -0.25) is 9.59 Å². The summed E-state index contributed by atoms with van der Waals surface area (Å²) in [5.41, 5.74) is 2.87. The van der Waals surface area contributed by atoms with Crippen LogP contribution < -0.4 is 10.6 Å². The van der Waals surface area contributed by atoms with E-state index in [1.54, 1.807) is 24.3 Å². The predicted octanol–water partition coefficient (Wildman–Crippen LogP) is 1.59. The number of rotatable bonds is 6. The van der Waals surface area contributed by atoms with Crippen molar-refractivity contribution in [1.82, 2.24) is 25.5 Å². The molecule has 8 heteroatoms. The fourth-order valence-corrected chi connectivity index (χ4v) is 2.48. The van der Waals surface area contributed by atoms with Crippen molar-refractivity contribution in [1.29, 1.82) is 0 Å². The number of amides is 2. The number of aromatic nitrogens is 4. The average Bonchev–Trinajstić information content (AvgIpc) is 3.21. The number of benzene rings is 2. The Hall–Kier alpha value is -3.55. The second-order valence-corrected chi connectivity index (χ2v) is 5.55. The quantitative estimate of drug-likeness (QED) is 0.703. The number of nitrogens with one attached hydrogen (secondary N) is 2. The number of tetrazole rings is 1. The van der Waals surface area contributed by atoms with Crippen molar-refractivity contribution in [3.8, 4) is 5.69 Å². The maximum Gasteiger partial charge on any atom is 0.251 e. The maximum absolute atomic E-state index is 12.3. The molecule has 26 heavy (non-hydrogen) atoms. The molecule has 2 amide bonds. The monoisotopic (exact) mass is 350 g/mol. The van der Waals surface area contributed by atoms with E-state index in [0.717, 1.165) is 17.7 Å². The van der Waals surface area contributed by atoms with Crippen molar-refractivity contribution < 1.29 is 9.59 Å². The molecule has 0 unspecified atom stereocenters. The van der Waals surface area contributed by atoms with E-state index in [9.17, 15) is 9.59 Å². The number of para-hydroxylation sites is 1. The first kappa shape index (κ1) is 17.3. The van der Waals surface area contributed by atoms with E-state index >= 15 is 0 Å². The molecule has 1 aromatic heterocycles. The lowest BCUT2D eigenvalue weighted by molar-refractivity contribution is -0.115. The average molecular weight is 350 g/mol. The highest BCUT2D eigenvalue weighted by atomic mass is 16.2. The molecule has 3 aromatic rings. The number of aryl methyl sites for hydroxylation is 1. The number of carbonyl (C=O) groups is 2. The third-order valence-electron chi connectivity index (χ3n) is 3.80. The van der Waals surface area contributed by atoms with Crippen molar-refractivity contribution in [2.45, 2.75) is 13.3 Å². The fourth-order valence-electron chi connectivity index (χ4n) is 2.48. The Morgan fingerprint density at radius 3 is 2.73 bits per heavy atom. The number of anilines is 1. The van der Waals surface area contributed by atoms with Crippen molar-refractivity contribution in [2.75, 3.05) is 11.9 Å². The van der Waals surface area contributed by atoms with Gasteiger partial charge in [0.1, 0.15) is 6.33 Å². The second-order valence-electron chi connectivity index (χ2n) is 5.55. The number of nitrogens with zero attached hydrogens (tertiary/aromatic N) is 4. The van der Waals surface area contributed by atoms with Crippen molar-refractivity contribution >= 4 is 17.5 Å². The lowest BCUT2D eigenvalue weighted by Crippen LogP contribution is -2.33. The molecule has 0 spiro atoms. The minimum atomic E-state index is -0.348. The summed E-state index contributed by atoms with van der Waals surface area (Å²) >= 11 is 0. The lowest BCUT2D eigenvalue weighted by Gasteiger charge is -2.10. The fraction of sp³-hybridized carbons (Fsp3) is 0.167. The zero-order valence-electron chi connectivity index (χ0n) is 14.2. The van der Waals surface area contributed by atoms with Crippen LogP contribution in [0.4, 0.5) is 5.69 Å². The normalized spacial score (nSPS) is 10.3. The Morgan fingerprint density at radius 1 is 1.12 bits per heavy atom. The minimum absolute atomic E-state index is 0.119. The summed E-state index contributed by atoms with van der Waals surface area (Å²) in [6.45, 7) is 1.90. The lowest BCUT2D eigenvalue weighted by atomic mass is 10.1. The van der Waals surface area contributed by atoms with E-state index in [4.69, 9.17) is 0 Å². The summed E-state index contributed by atoms with van der Waals surface area (Å²) < 4.78 is 1.45. The molecule has 0 fully saturated rings. The topological polar surface area (TPSA) is 102 Å². The van der Waals surface area contributed by atoms with Gasteiger partial charge >= 0.3 is 0 Å². The zero-order chi connectivity index (χ0) is 18.4. The molecule has 0 atom stereocenters. The van der Waals surface area contributed by atoms with Crippen LogP contribution in [-0.4, -0.2) is 38.6 Å². The second kappa shape index (κ2) is 8.02. The van der Waals surface area contributed by atoms with Gasteiger partial charge in [-0.25, -0.2) is 4.68 Å². The Morgan fingerprint density at radius 2 is 1.96 bits per heavy atom. The molecule has 0 radical (unpaired) electrons. The molecule has 0 aliphatic heterocycles. The van der Waals surface area contributed by atoms with E-state index in [2.05, 4.69) is 26.2 Å². The molecule has 0 saturated carbocycles. The van der Waals surface area contributed by atoms with Gasteiger partial charge in [-0.05, 0) is 46.7 Å². The van der Waals surface area contributed by atoms with Gasteiger partial charge in [0, 0.05) is 11.3 Å². The molecule has 1 heterocycles. The molecule has 3 rings (SSSR count). The van der Waals surface area contributed by atoms with E-state index < -0.39 is 0 Å². The van der Waals surface area contributed by atoms with Crippen LogP contribution in [0.15, 0.2) is 54.9 Å². The maximum atomic E-state index is 12.3. The number of hydrogen-bond acceptors (Lipinski definition) is 5. The summed E-state index contributed by atoms with van der Waals surface area (Å²) in [7, 11) is 0. The minimum Gasteiger partial charge on any atom is -0.343 e. The van der Waals surface area contributed by atoms with Crippen LogP contribution in [0.25, 0.3) is 5.69 Å². The smallest absolute Gasteiger partial charge is 0.251 e. The Labute approximate surface area is 150 Å². The first-order valence-corrected chi connectivity index (χ1v) is 8.16. The molecule has 0 aliphatic carbocycles. The molecule has 0 saturated heterocycles. The van der Waals surface area contributed by atoms with Gasteiger partial charge in [-0.2, -0.15) is 0 Å². The summed E-state index contributed by atoms with van der Waals surface area (Å²) in [6.07, 6.45) is 2.25. The van der Waals surface area contributed by atoms with Gasteiger partial charge in [0.25, 0.3) is 5.91 Å². The van der Waals surface area contributed by atoms with Crippen LogP contribution in [0.3, 0.4) is 0 Å². The van der Waals surface area contributed by atoms with Crippen molar-refractivity contribution in [3.63, 3.8) is 0 Å². The summed E-state index contributed by atoms with van der Waals surface area (Å²) in [4.78, 5) is 24.4. The Kier molecular flexibility index (Phi) is 5.33. The van der Waals surface area contributed by atoms with Gasteiger partial charge in [0.15, 0.2) is 0 Å². The highest BCUT2D eigenvalue weighted by Crippen LogP contribution is 2.15. The Bertz CT molecular complexity index is 908. The molecule has 0 bridgehead atoms. The van der Waals surface area contributed by atoms with Gasteiger partial charge in [0.05, 0.1) is 12.2 Å². The molecule has 8 nitrogen and oxygen atoms in total. The van der Waals surface area contributed by atoms with Crippen molar-refractivity contribution in [2.24, 2.45) is 0 Å². The van der Waals surface area contributed by atoms with E-state index in [1.165, 1.54) is 11.0 Å². The van der Waals surface area contributed by atoms with Gasteiger partial charge in [-0.15, -0.1) is 5.10 Å². The summed E-state index contributed by atoms with van der Waals surface area (Å²) in [6, 6.07) is 14.4. The van der Waals surface area contributed by atoms with E-state index in [0.29, 0.717) is 11.3 Å². The summed E-state index contributed by atoms with van der Waals surface area (Å²) in [5.74, 6) is -0.630. The Balaban J connectivity index is 1.60. The largest absolute Gasteiger partial charge is 0.343 e. The standard InChI is InChI=1S/C18H18N6O2/c1-2-13-6-3-4-9-16(13)21-17(25)11-19-18(26)14-7-5-8-15(10-14)24-12-20-22-23-24/h3-10,12H,2,11H2,1H3,(H,19,26)(H,21,25). The highest BCUT2D eigenvalue weighted by Gasteiger charge is 2.10. The molecule has 2 N–H and O–H groups in total. The van der Waals surface area contributed by atoms with Crippen LogP contribution >= 0.6 is 0 Å². The van der Waals surface area contributed by atoms with Crippen molar-refractivity contribution in [3.05, 3.63) is 66.0 Å². The third-order valence-corrected chi connectivity index (χ3v) is 3.80. The SMILES string of the molecule is CCc1ccccc1NC(=O)CNC(=O)c1cccc(-n2cnnn2)c1. The molecule has 0 aliphatic rings. The number of hydrogen-bond donors (Lipinski definition) is 2. The first-order chi connectivity index (χ1) is 12.7. The van der Waals surface area contributed by atoms with Crippen LogP contribution in [0.2, 0.25) is 0 Å². The number of carbonyl (C=O) groups excluding carboxylic acids is 2. The third kappa shape index (κ3) is 4.10. The predicted molar refractivity (Wildman–Crippen MR) is 95.9 cm³/mol. The van der Waals surface area contributed by atoms with Crippen LogP contribution in [0, 0.1) is 0 Å². The van der Waals surface area contributed by atoms with Gasteiger partial charge < -0.3 is 10.6 Å². The van der Waals surface area contributed by atoms with E-state index in [1.807, 2.05) is 31.2 Å². The molecule has 2 aromatic carbocycles. The molecule has 132 valence electrons. The van der Waals surface area contributed by atoms with Crippen LogP contribution in [0.1, 0.15) is 22.8 Å². The zero-order valence-corrected chi connectivity index (χ0v) is 14.2. The summed E-state index contributed by atoms with van der Waals surface area (Å²) in [5, 5.41) is 16.3. The van der Waals surface area contributed by atoms with Gasteiger partial charge in [0.2, 0.25) is 5.91 Å². The van der Waals surface area contributed by atoms with Crippen LogP contribution in [0.5, 0.6) is 0 Å².